The number of aliphatic carboxylic acids is 1. The largest absolute Gasteiger partial charge is 0.480 e. The molecule has 0 radical (unpaired) electrons. The molecule has 0 aliphatic heterocycles. The number of carboxylic acid groups (broad SMARTS) is 1. The van der Waals surface area contributed by atoms with Gasteiger partial charge in [0.2, 0.25) is 10.0 Å². The summed E-state index contributed by atoms with van der Waals surface area (Å²) < 4.78 is 37.5. The van der Waals surface area contributed by atoms with Crippen LogP contribution in [0.3, 0.4) is 0 Å². The fourth-order valence-electron chi connectivity index (χ4n) is 1.33. The van der Waals surface area contributed by atoms with Crippen molar-refractivity contribution in [3.05, 3.63) is 29.6 Å². The van der Waals surface area contributed by atoms with Crippen molar-refractivity contribution < 1.29 is 27.5 Å². The molecule has 3 N–H and O–H groups in total. The van der Waals surface area contributed by atoms with Gasteiger partial charge in [-0.25, -0.2) is 12.8 Å². The number of carbonyl (C=O) groups excluding carboxylic acids is 1. The average Bonchev–Trinajstić information content (AvgIpc) is 2.29. The molecule has 1 rings (SSSR count). The van der Waals surface area contributed by atoms with Crippen molar-refractivity contribution in [1.82, 2.24) is 5.32 Å². The SMILES string of the molecule is C[C@@H](NC(=O)c1cc(F)ccc1NS(C)(=O)=O)C(=O)O. The standard InChI is InChI=1S/C11H13FN2O5S/c1-6(11(16)17)13-10(15)8-5-7(12)3-4-9(8)14-20(2,18)19/h3-6,14H,1-2H3,(H,13,15)(H,16,17)/t6-/m1/s1. The Balaban J connectivity index is 3.12. The maximum atomic E-state index is 13.2. The van der Waals surface area contributed by atoms with E-state index in [9.17, 15) is 22.4 Å². The van der Waals surface area contributed by atoms with Gasteiger partial charge in [-0.2, -0.15) is 0 Å². The Morgan fingerprint density at radius 2 is 1.95 bits per heavy atom. The number of nitrogens with one attached hydrogen (secondary N) is 2. The average molecular weight is 304 g/mol. The number of sulfonamides is 1. The molecule has 1 aromatic rings. The van der Waals surface area contributed by atoms with Gasteiger partial charge in [0.05, 0.1) is 17.5 Å². The van der Waals surface area contributed by atoms with Gasteiger partial charge in [-0.1, -0.05) is 0 Å². The fourth-order valence-corrected chi connectivity index (χ4v) is 1.91. The zero-order valence-electron chi connectivity index (χ0n) is 10.7. The molecule has 1 amide bonds. The summed E-state index contributed by atoms with van der Waals surface area (Å²) in [5.74, 6) is -2.92. The number of hydrogen-bond donors (Lipinski definition) is 3. The van der Waals surface area contributed by atoms with Crippen LogP contribution in [0.25, 0.3) is 0 Å². The van der Waals surface area contributed by atoms with Crippen LogP contribution in [0.2, 0.25) is 0 Å². The van der Waals surface area contributed by atoms with Crippen molar-refractivity contribution in [1.29, 1.82) is 0 Å². The van der Waals surface area contributed by atoms with E-state index in [1.165, 1.54) is 6.92 Å². The maximum Gasteiger partial charge on any atom is 0.325 e. The van der Waals surface area contributed by atoms with Gasteiger partial charge in [0.15, 0.2) is 0 Å². The highest BCUT2D eigenvalue weighted by atomic mass is 32.2. The minimum atomic E-state index is -3.66. The van der Waals surface area contributed by atoms with Crippen LogP contribution in [-0.2, 0) is 14.8 Å². The van der Waals surface area contributed by atoms with E-state index < -0.39 is 33.8 Å². The normalized spacial score (nSPS) is 12.6. The van der Waals surface area contributed by atoms with E-state index in [0.717, 1.165) is 24.5 Å². The Hall–Kier alpha value is -2.16. The minimum absolute atomic E-state index is 0.135. The second-order valence-corrected chi connectivity index (χ2v) is 5.85. The third kappa shape index (κ3) is 4.50. The Labute approximate surface area is 114 Å². The van der Waals surface area contributed by atoms with Gasteiger partial charge in [-0.15, -0.1) is 0 Å². The molecule has 0 heterocycles. The highest BCUT2D eigenvalue weighted by molar-refractivity contribution is 7.92. The molecule has 0 fully saturated rings. The van der Waals surface area contributed by atoms with E-state index >= 15 is 0 Å². The highest BCUT2D eigenvalue weighted by Crippen LogP contribution is 2.18. The van der Waals surface area contributed by atoms with Crippen LogP contribution in [0, 0.1) is 5.82 Å². The second-order valence-electron chi connectivity index (χ2n) is 4.10. The molecule has 0 aliphatic carbocycles. The van der Waals surface area contributed by atoms with Crippen molar-refractivity contribution in [2.45, 2.75) is 13.0 Å². The molecule has 20 heavy (non-hydrogen) atoms. The van der Waals surface area contributed by atoms with Gasteiger partial charge in [0.25, 0.3) is 5.91 Å². The van der Waals surface area contributed by atoms with Crippen molar-refractivity contribution in [3.63, 3.8) is 0 Å². The molecule has 1 atom stereocenters. The van der Waals surface area contributed by atoms with Crippen LogP contribution in [0.5, 0.6) is 0 Å². The first-order valence-electron chi connectivity index (χ1n) is 5.41. The maximum absolute atomic E-state index is 13.2. The zero-order chi connectivity index (χ0) is 15.5. The Morgan fingerprint density at radius 3 is 2.45 bits per heavy atom. The van der Waals surface area contributed by atoms with Gasteiger partial charge < -0.3 is 10.4 Å². The molecular weight excluding hydrogens is 291 g/mol. The van der Waals surface area contributed by atoms with Gasteiger partial charge in [-0.3, -0.25) is 14.3 Å². The lowest BCUT2D eigenvalue weighted by Crippen LogP contribution is -2.38. The highest BCUT2D eigenvalue weighted by Gasteiger charge is 2.19. The summed E-state index contributed by atoms with van der Waals surface area (Å²) in [6.07, 6.45) is 0.873. The van der Waals surface area contributed by atoms with Gasteiger partial charge >= 0.3 is 5.97 Å². The predicted octanol–water partition coefficient (Wildman–Crippen LogP) is 0.400. The third-order valence-electron chi connectivity index (χ3n) is 2.24. The van der Waals surface area contributed by atoms with Crippen LogP contribution < -0.4 is 10.0 Å². The molecule has 7 nitrogen and oxygen atoms in total. The summed E-state index contributed by atoms with van der Waals surface area (Å²) in [7, 11) is -3.66. The molecule has 0 unspecified atom stereocenters. The first kappa shape index (κ1) is 15.9. The predicted molar refractivity (Wildman–Crippen MR) is 69.4 cm³/mol. The van der Waals surface area contributed by atoms with Crippen molar-refractivity contribution in [2.75, 3.05) is 11.0 Å². The van der Waals surface area contributed by atoms with E-state index in [4.69, 9.17) is 5.11 Å². The van der Waals surface area contributed by atoms with E-state index in [1.807, 2.05) is 0 Å². The molecule has 9 heteroatoms. The Kier molecular flexibility index (Phi) is 4.66. The number of carboxylic acids is 1. The van der Waals surface area contributed by atoms with E-state index in [2.05, 4.69) is 10.0 Å². The number of carbonyl (C=O) groups is 2. The molecule has 0 spiro atoms. The van der Waals surface area contributed by atoms with Crippen LogP contribution >= 0.6 is 0 Å². The van der Waals surface area contributed by atoms with Crippen LogP contribution in [0.4, 0.5) is 10.1 Å². The van der Waals surface area contributed by atoms with Crippen molar-refractivity contribution in [2.24, 2.45) is 0 Å². The first-order valence-corrected chi connectivity index (χ1v) is 7.30. The fraction of sp³-hybridized carbons (Fsp3) is 0.273. The lowest BCUT2D eigenvalue weighted by Gasteiger charge is -2.13. The number of benzene rings is 1. The molecule has 0 saturated carbocycles. The van der Waals surface area contributed by atoms with Crippen LogP contribution in [0.1, 0.15) is 17.3 Å². The van der Waals surface area contributed by atoms with Crippen molar-refractivity contribution in [3.8, 4) is 0 Å². The summed E-state index contributed by atoms with van der Waals surface area (Å²) in [6, 6.07) is 1.68. The van der Waals surface area contributed by atoms with Gasteiger partial charge in [0.1, 0.15) is 11.9 Å². The van der Waals surface area contributed by atoms with E-state index in [1.54, 1.807) is 0 Å². The molecule has 110 valence electrons. The molecule has 0 saturated heterocycles. The number of anilines is 1. The number of halogens is 1. The smallest absolute Gasteiger partial charge is 0.325 e. The third-order valence-corrected chi connectivity index (χ3v) is 2.83. The van der Waals surface area contributed by atoms with Crippen molar-refractivity contribution >= 4 is 27.6 Å². The number of hydrogen-bond acceptors (Lipinski definition) is 4. The molecule has 0 aliphatic rings. The Bertz CT molecular complexity index is 644. The second kappa shape index (κ2) is 5.87. The molecule has 0 bridgehead atoms. The molecule has 0 aromatic heterocycles. The van der Waals surface area contributed by atoms with E-state index in [-0.39, 0.29) is 11.3 Å². The zero-order valence-corrected chi connectivity index (χ0v) is 11.5. The lowest BCUT2D eigenvalue weighted by atomic mass is 10.1. The van der Waals surface area contributed by atoms with E-state index in [0.29, 0.717) is 0 Å². The van der Waals surface area contributed by atoms with Crippen LogP contribution in [-0.4, -0.2) is 37.7 Å². The summed E-state index contributed by atoms with van der Waals surface area (Å²) in [5.41, 5.74) is -0.437. The van der Waals surface area contributed by atoms with Crippen LogP contribution in [0.15, 0.2) is 18.2 Å². The quantitative estimate of drug-likeness (QED) is 0.729. The summed E-state index contributed by atoms with van der Waals surface area (Å²) in [5, 5.41) is 10.8. The lowest BCUT2D eigenvalue weighted by molar-refractivity contribution is -0.138. The topological polar surface area (TPSA) is 113 Å². The monoisotopic (exact) mass is 304 g/mol. The summed E-state index contributed by atoms with van der Waals surface area (Å²) in [6.45, 7) is 1.23. The van der Waals surface area contributed by atoms with Gasteiger partial charge in [0, 0.05) is 0 Å². The molecule has 1 aromatic carbocycles. The first-order chi connectivity index (χ1) is 9.10. The Morgan fingerprint density at radius 1 is 1.35 bits per heavy atom. The number of amides is 1. The van der Waals surface area contributed by atoms with Gasteiger partial charge in [-0.05, 0) is 25.1 Å². The summed E-state index contributed by atoms with van der Waals surface area (Å²) in [4.78, 5) is 22.5. The molecular formula is C11H13FN2O5S. The minimum Gasteiger partial charge on any atom is -0.480 e. The number of rotatable bonds is 5. The summed E-state index contributed by atoms with van der Waals surface area (Å²) >= 11 is 0.